The van der Waals surface area contributed by atoms with Crippen LogP contribution in [0.15, 0.2) is 0 Å². The summed E-state index contributed by atoms with van der Waals surface area (Å²) in [7, 11) is -2.93. The topological polar surface area (TPSA) is 49.4 Å². The summed E-state index contributed by atoms with van der Waals surface area (Å²) >= 11 is 0. The quantitative estimate of drug-likeness (QED) is 0.750. The summed E-state index contributed by atoms with van der Waals surface area (Å²) in [6.07, 6.45) is 1.72. The van der Waals surface area contributed by atoms with Gasteiger partial charge in [-0.3, -0.25) is 0 Å². The van der Waals surface area contributed by atoms with Crippen LogP contribution < -0.4 is 5.32 Å². The molecule has 0 aromatic rings. The minimum absolute atomic E-state index is 0. The molecule has 84 valence electrons. The third-order valence-electron chi connectivity index (χ3n) is 2.64. The molecule has 1 aliphatic carbocycles. The van der Waals surface area contributed by atoms with Gasteiger partial charge in [-0.25, -0.2) is 8.42 Å². The van der Waals surface area contributed by atoms with Gasteiger partial charge in [0.25, 0.3) is 0 Å². The van der Waals surface area contributed by atoms with Gasteiger partial charge in [0.15, 0.2) is 0 Å². The van der Waals surface area contributed by atoms with Crippen LogP contribution >= 0.6 is 12.4 Å². The summed E-state index contributed by atoms with van der Waals surface area (Å²) < 4.78 is 25.2. The van der Waals surface area contributed by atoms with E-state index in [1.807, 2.05) is 6.92 Å². The SMILES string of the molecule is C[C@H]1CN(S(=O)(=O)C2CC2)CCN1.Cl. The molecule has 0 unspecified atom stereocenters. The molecule has 2 fully saturated rings. The first-order valence-corrected chi connectivity index (χ1v) is 6.33. The van der Waals surface area contributed by atoms with Crippen molar-refractivity contribution in [1.29, 1.82) is 0 Å². The van der Waals surface area contributed by atoms with Crippen LogP contribution in [-0.4, -0.2) is 43.6 Å². The van der Waals surface area contributed by atoms with Crippen LogP contribution in [-0.2, 0) is 10.0 Å². The fraction of sp³-hybridized carbons (Fsp3) is 1.00. The lowest BCUT2D eigenvalue weighted by Gasteiger charge is -2.30. The Hall–Kier alpha value is 0.160. The molecule has 14 heavy (non-hydrogen) atoms. The Morgan fingerprint density at radius 3 is 2.50 bits per heavy atom. The van der Waals surface area contributed by atoms with Crippen LogP contribution in [0.25, 0.3) is 0 Å². The Morgan fingerprint density at radius 2 is 2.00 bits per heavy atom. The number of halogens is 1. The largest absolute Gasteiger partial charge is 0.312 e. The van der Waals surface area contributed by atoms with E-state index in [2.05, 4.69) is 5.32 Å². The average molecular weight is 241 g/mol. The van der Waals surface area contributed by atoms with Crippen LogP contribution in [0.2, 0.25) is 0 Å². The number of nitrogens with one attached hydrogen (secondary N) is 1. The predicted octanol–water partition coefficient (Wildman–Crippen LogP) is 0.194. The zero-order valence-electron chi connectivity index (χ0n) is 8.27. The summed E-state index contributed by atoms with van der Waals surface area (Å²) in [4.78, 5) is 0. The van der Waals surface area contributed by atoms with Crippen LogP contribution in [0.3, 0.4) is 0 Å². The highest BCUT2D eigenvalue weighted by Crippen LogP contribution is 2.31. The molecule has 0 amide bonds. The maximum absolute atomic E-state index is 11.8. The third kappa shape index (κ3) is 2.39. The van der Waals surface area contributed by atoms with E-state index in [1.165, 1.54) is 0 Å². The fourth-order valence-electron chi connectivity index (χ4n) is 1.70. The Bertz CT molecular complexity index is 290. The number of hydrogen-bond donors (Lipinski definition) is 1. The maximum atomic E-state index is 11.8. The molecule has 1 atom stereocenters. The zero-order chi connectivity index (χ0) is 9.47. The average Bonchev–Trinajstić information content (AvgIpc) is 2.86. The minimum Gasteiger partial charge on any atom is -0.312 e. The highest BCUT2D eigenvalue weighted by molar-refractivity contribution is 7.90. The Labute approximate surface area is 91.5 Å². The second-order valence-electron chi connectivity index (χ2n) is 3.96. The second-order valence-corrected chi connectivity index (χ2v) is 6.17. The van der Waals surface area contributed by atoms with Crippen molar-refractivity contribution in [2.75, 3.05) is 19.6 Å². The lowest BCUT2D eigenvalue weighted by Crippen LogP contribution is -2.52. The van der Waals surface area contributed by atoms with E-state index in [0.29, 0.717) is 19.1 Å². The van der Waals surface area contributed by atoms with Crippen LogP contribution in [0, 0.1) is 0 Å². The van der Waals surface area contributed by atoms with Crippen molar-refractivity contribution in [3.63, 3.8) is 0 Å². The second kappa shape index (κ2) is 4.35. The van der Waals surface area contributed by atoms with Crippen LogP contribution in [0.1, 0.15) is 19.8 Å². The van der Waals surface area contributed by atoms with E-state index in [0.717, 1.165) is 19.4 Å². The number of piperazine rings is 1. The van der Waals surface area contributed by atoms with Crippen molar-refractivity contribution in [3.8, 4) is 0 Å². The van der Waals surface area contributed by atoms with E-state index in [1.54, 1.807) is 4.31 Å². The molecule has 0 radical (unpaired) electrons. The molecule has 1 heterocycles. The molecule has 1 N–H and O–H groups in total. The van der Waals surface area contributed by atoms with E-state index < -0.39 is 10.0 Å². The van der Waals surface area contributed by atoms with Gasteiger partial charge in [0.1, 0.15) is 0 Å². The molecule has 0 spiro atoms. The molecule has 2 rings (SSSR count). The van der Waals surface area contributed by atoms with E-state index in [9.17, 15) is 8.42 Å². The molecular formula is C8H17ClN2O2S. The first-order chi connectivity index (χ1) is 6.10. The van der Waals surface area contributed by atoms with Gasteiger partial charge in [0.05, 0.1) is 5.25 Å². The molecule has 1 saturated heterocycles. The smallest absolute Gasteiger partial charge is 0.217 e. The summed E-state index contributed by atoms with van der Waals surface area (Å²) in [5, 5.41) is 3.18. The molecule has 1 aliphatic heterocycles. The van der Waals surface area contributed by atoms with Crippen molar-refractivity contribution < 1.29 is 8.42 Å². The minimum atomic E-state index is -2.93. The summed E-state index contributed by atoms with van der Waals surface area (Å²) in [5.41, 5.74) is 0. The summed E-state index contributed by atoms with van der Waals surface area (Å²) in [6, 6.07) is 0.294. The zero-order valence-corrected chi connectivity index (χ0v) is 9.90. The molecule has 2 aliphatic rings. The molecule has 1 saturated carbocycles. The third-order valence-corrected chi connectivity index (χ3v) is 5.00. The summed E-state index contributed by atoms with van der Waals surface area (Å²) in [6.45, 7) is 4.09. The van der Waals surface area contributed by atoms with Crippen molar-refractivity contribution in [2.45, 2.75) is 31.1 Å². The molecular weight excluding hydrogens is 224 g/mol. The number of nitrogens with zero attached hydrogens (tertiary/aromatic N) is 1. The Balaban J connectivity index is 0.000000980. The standard InChI is InChI=1S/C8H16N2O2S.ClH/c1-7-6-10(5-4-9-7)13(11,12)8-2-3-8;/h7-9H,2-6H2,1H3;1H/t7-;/m0./s1. The summed E-state index contributed by atoms with van der Waals surface area (Å²) in [5.74, 6) is 0. The van der Waals surface area contributed by atoms with Gasteiger partial charge in [-0.15, -0.1) is 12.4 Å². The Kier molecular flexibility index (Phi) is 3.80. The van der Waals surface area contributed by atoms with Crippen LogP contribution in [0.4, 0.5) is 0 Å². The van der Waals surface area contributed by atoms with Crippen molar-refractivity contribution in [3.05, 3.63) is 0 Å². The van der Waals surface area contributed by atoms with E-state index in [4.69, 9.17) is 0 Å². The van der Waals surface area contributed by atoms with Gasteiger partial charge in [-0.1, -0.05) is 0 Å². The van der Waals surface area contributed by atoms with E-state index >= 15 is 0 Å². The normalized spacial score (nSPS) is 29.6. The molecule has 6 heteroatoms. The Morgan fingerprint density at radius 1 is 1.36 bits per heavy atom. The highest BCUT2D eigenvalue weighted by Gasteiger charge is 2.40. The van der Waals surface area contributed by atoms with Gasteiger partial charge >= 0.3 is 0 Å². The van der Waals surface area contributed by atoms with Crippen molar-refractivity contribution in [1.82, 2.24) is 9.62 Å². The first-order valence-electron chi connectivity index (χ1n) is 4.83. The maximum Gasteiger partial charge on any atom is 0.217 e. The number of rotatable bonds is 2. The van der Waals surface area contributed by atoms with Gasteiger partial charge in [0, 0.05) is 25.7 Å². The van der Waals surface area contributed by atoms with Crippen LogP contribution in [0.5, 0.6) is 0 Å². The highest BCUT2D eigenvalue weighted by atomic mass is 35.5. The number of sulfonamides is 1. The van der Waals surface area contributed by atoms with Gasteiger partial charge in [0.2, 0.25) is 10.0 Å². The molecule has 0 aromatic carbocycles. The molecule has 0 bridgehead atoms. The van der Waals surface area contributed by atoms with Gasteiger partial charge in [-0.2, -0.15) is 4.31 Å². The molecule has 0 aromatic heterocycles. The lowest BCUT2D eigenvalue weighted by atomic mass is 10.3. The van der Waals surface area contributed by atoms with E-state index in [-0.39, 0.29) is 17.7 Å². The first kappa shape index (κ1) is 12.2. The monoisotopic (exact) mass is 240 g/mol. The van der Waals surface area contributed by atoms with Crippen molar-refractivity contribution in [2.24, 2.45) is 0 Å². The fourth-order valence-corrected chi connectivity index (χ4v) is 3.64. The lowest BCUT2D eigenvalue weighted by molar-refractivity contribution is 0.310. The molecule has 4 nitrogen and oxygen atoms in total. The van der Waals surface area contributed by atoms with Gasteiger partial charge < -0.3 is 5.32 Å². The number of hydrogen-bond acceptors (Lipinski definition) is 3. The van der Waals surface area contributed by atoms with Crippen molar-refractivity contribution >= 4 is 22.4 Å². The van der Waals surface area contributed by atoms with Gasteiger partial charge in [-0.05, 0) is 19.8 Å². The predicted molar refractivity (Wildman–Crippen MR) is 58.2 cm³/mol.